The average Bonchev–Trinajstić information content (AvgIpc) is 3.21. The molecule has 3 unspecified atom stereocenters. The van der Waals surface area contributed by atoms with Crippen LogP contribution in [-0.4, -0.2) is 32.9 Å². The zero-order valence-corrected chi connectivity index (χ0v) is 16.6. The monoisotopic (exact) mass is 328 g/mol. The number of carbonyl (C=O) groups is 1. The number of ether oxygens (including phenoxy) is 1. The smallest absolute Gasteiger partial charge is 0.200 e. The van der Waals surface area contributed by atoms with Crippen LogP contribution >= 0.6 is 0 Å². The summed E-state index contributed by atoms with van der Waals surface area (Å²) in [4.78, 5) is 11.0. The standard InChI is InChI=1S/C18H36O3Si/c1-8-9-10-11-16(18-17(12-19)20-18)21-22(13(2)3,14(4)5)15(6)7/h12-18H,8-11H2,1-7H3. The molecule has 0 N–H and O–H groups in total. The second kappa shape index (κ2) is 8.60. The summed E-state index contributed by atoms with van der Waals surface area (Å²) in [6, 6.07) is 0. The van der Waals surface area contributed by atoms with Crippen molar-refractivity contribution in [1.29, 1.82) is 0 Å². The van der Waals surface area contributed by atoms with Gasteiger partial charge in [0.1, 0.15) is 12.2 Å². The second-order valence-electron chi connectivity index (χ2n) is 7.67. The largest absolute Gasteiger partial charge is 0.410 e. The molecule has 130 valence electrons. The summed E-state index contributed by atoms with van der Waals surface area (Å²) in [7, 11) is -1.91. The summed E-state index contributed by atoms with van der Waals surface area (Å²) >= 11 is 0. The van der Waals surface area contributed by atoms with E-state index in [9.17, 15) is 4.79 Å². The van der Waals surface area contributed by atoms with Gasteiger partial charge in [0.15, 0.2) is 6.29 Å². The van der Waals surface area contributed by atoms with Gasteiger partial charge in [0, 0.05) is 0 Å². The van der Waals surface area contributed by atoms with E-state index in [1.54, 1.807) is 0 Å². The minimum Gasteiger partial charge on any atom is -0.410 e. The van der Waals surface area contributed by atoms with E-state index in [1.807, 2.05) is 0 Å². The number of aldehydes is 1. The van der Waals surface area contributed by atoms with Crippen LogP contribution in [0.25, 0.3) is 0 Å². The van der Waals surface area contributed by atoms with Gasteiger partial charge in [0.05, 0.1) is 6.10 Å². The van der Waals surface area contributed by atoms with Gasteiger partial charge in [-0.1, -0.05) is 67.7 Å². The Labute approximate surface area is 138 Å². The highest BCUT2D eigenvalue weighted by molar-refractivity contribution is 6.77. The fourth-order valence-electron chi connectivity index (χ4n) is 4.10. The minimum absolute atomic E-state index is 0.00233. The Hall–Kier alpha value is -0.193. The SMILES string of the molecule is CCCCCC(O[Si](C(C)C)(C(C)C)C(C)C)C1OC1C=O. The third kappa shape index (κ3) is 4.42. The van der Waals surface area contributed by atoms with E-state index in [4.69, 9.17) is 9.16 Å². The molecule has 4 heteroatoms. The number of hydrogen-bond donors (Lipinski definition) is 0. The van der Waals surface area contributed by atoms with E-state index in [-0.39, 0.29) is 18.3 Å². The van der Waals surface area contributed by atoms with Crippen molar-refractivity contribution in [3.8, 4) is 0 Å². The van der Waals surface area contributed by atoms with Crippen LogP contribution in [0.5, 0.6) is 0 Å². The molecule has 0 saturated carbocycles. The van der Waals surface area contributed by atoms with Crippen LogP contribution in [-0.2, 0) is 14.0 Å². The molecule has 0 aromatic heterocycles. The number of unbranched alkanes of at least 4 members (excludes halogenated alkanes) is 2. The molecule has 1 aliphatic heterocycles. The van der Waals surface area contributed by atoms with Crippen molar-refractivity contribution in [2.24, 2.45) is 0 Å². The van der Waals surface area contributed by atoms with Crippen LogP contribution in [0.1, 0.15) is 74.1 Å². The first-order chi connectivity index (χ1) is 10.3. The molecule has 0 spiro atoms. The number of epoxide rings is 1. The highest BCUT2D eigenvalue weighted by Crippen LogP contribution is 2.45. The summed E-state index contributed by atoms with van der Waals surface area (Å²) in [6.07, 6.45) is 5.40. The van der Waals surface area contributed by atoms with E-state index in [2.05, 4.69) is 48.5 Å². The summed E-state index contributed by atoms with van der Waals surface area (Å²) in [5.41, 5.74) is 1.69. The molecular weight excluding hydrogens is 292 g/mol. The van der Waals surface area contributed by atoms with Crippen LogP contribution in [0.4, 0.5) is 0 Å². The van der Waals surface area contributed by atoms with Crippen LogP contribution in [0.15, 0.2) is 0 Å². The van der Waals surface area contributed by atoms with Crippen LogP contribution < -0.4 is 0 Å². The fourth-order valence-corrected chi connectivity index (χ4v) is 9.69. The van der Waals surface area contributed by atoms with Gasteiger partial charge in [-0.05, 0) is 23.0 Å². The maximum Gasteiger partial charge on any atom is 0.200 e. The van der Waals surface area contributed by atoms with Gasteiger partial charge in [-0.25, -0.2) is 0 Å². The Morgan fingerprint density at radius 2 is 1.59 bits per heavy atom. The molecule has 0 aromatic rings. The van der Waals surface area contributed by atoms with Crippen LogP contribution in [0, 0.1) is 0 Å². The van der Waals surface area contributed by atoms with Crippen molar-refractivity contribution in [3.63, 3.8) is 0 Å². The fraction of sp³-hybridized carbons (Fsp3) is 0.944. The Bertz CT molecular complexity index is 319. The van der Waals surface area contributed by atoms with Crippen LogP contribution in [0.3, 0.4) is 0 Å². The molecule has 0 amide bonds. The van der Waals surface area contributed by atoms with Gasteiger partial charge in [-0.15, -0.1) is 0 Å². The first-order valence-corrected chi connectivity index (χ1v) is 11.2. The molecule has 0 aliphatic carbocycles. The van der Waals surface area contributed by atoms with Gasteiger partial charge in [-0.3, -0.25) is 0 Å². The first-order valence-electron chi connectivity index (χ1n) is 9.09. The summed E-state index contributed by atoms with van der Waals surface area (Å²) in [5, 5.41) is 0. The van der Waals surface area contributed by atoms with Gasteiger partial charge in [0.2, 0.25) is 8.32 Å². The lowest BCUT2D eigenvalue weighted by Crippen LogP contribution is -2.51. The topological polar surface area (TPSA) is 38.8 Å². The molecule has 0 bridgehead atoms. The minimum atomic E-state index is -1.91. The lowest BCUT2D eigenvalue weighted by molar-refractivity contribution is -0.108. The summed E-state index contributed by atoms with van der Waals surface area (Å²) < 4.78 is 12.5. The zero-order valence-electron chi connectivity index (χ0n) is 15.6. The van der Waals surface area contributed by atoms with Gasteiger partial charge in [0.25, 0.3) is 0 Å². The molecule has 1 rings (SSSR count). The van der Waals surface area contributed by atoms with E-state index in [1.165, 1.54) is 12.8 Å². The molecule has 0 radical (unpaired) electrons. The van der Waals surface area contributed by atoms with Crippen molar-refractivity contribution >= 4 is 14.6 Å². The Kier molecular flexibility index (Phi) is 7.76. The molecule has 0 aromatic carbocycles. The quantitative estimate of drug-likeness (QED) is 0.229. The maximum atomic E-state index is 11.0. The van der Waals surface area contributed by atoms with Crippen molar-refractivity contribution in [2.45, 2.75) is 109 Å². The van der Waals surface area contributed by atoms with Crippen molar-refractivity contribution in [2.75, 3.05) is 0 Å². The normalized spacial score (nSPS) is 23.4. The van der Waals surface area contributed by atoms with Gasteiger partial charge in [-0.2, -0.15) is 0 Å². The molecule has 22 heavy (non-hydrogen) atoms. The van der Waals surface area contributed by atoms with Crippen molar-refractivity contribution < 1.29 is 14.0 Å². The highest BCUT2D eigenvalue weighted by Gasteiger charge is 2.52. The molecule has 1 fully saturated rings. The number of hydrogen-bond acceptors (Lipinski definition) is 3. The third-order valence-corrected chi connectivity index (χ3v) is 11.3. The van der Waals surface area contributed by atoms with Crippen molar-refractivity contribution in [1.82, 2.24) is 0 Å². The van der Waals surface area contributed by atoms with Gasteiger partial charge >= 0.3 is 0 Å². The molecule has 1 saturated heterocycles. The number of carbonyl (C=O) groups excluding carboxylic acids is 1. The molecule has 1 heterocycles. The molecule has 1 aliphatic rings. The van der Waals surface area contributed by atoms with Crippen molar-refractivity contribution in [3.05, 3.63) is 0 Å². The molecular formula is C18H36O3Si. The van der Waals surface area contributed by atoms with Crippen LogP contribution in [0.2, 0.25) is 16.6 Å². The first kappa shape index (κ1) is 19.9. The van der Waals surface area contributed by atoms with E-state index < -0.39 is 8.32 Å². The van der Waals surface area contributed by atoms with Gasteiger partial charge < -0.3 is 14.0 Å². The lowest BCUT2D eigenvalue weighted by atomic mass is 10.1. The lowest BCUT2D eigenvalue weighted by Gasteiger charge is -2.44. The Morgan fingerprint density at radius 3 is 1.95 bits per heavy atom. The zero-order chi connectivity index (χ0) is 16.9. The van der Waals surface area contributed by atoms with E-state index >= 15 is 0 Å². The predicted octanol–water partition coefficient (Wildman–Crippen LogP) is 5.09. The number of rotatable bonds is 11. The summed E-state index contributed by atoms with van der Waals surface area (Å²) in [5.74, 6) is 0. The summed E-state index contributed by atoms with van der Waals surface area (Å²) in [6.45, 7) is 16.1. The third-order valence-electron chi connectivity index (χ3n) is 5.22. The molecule has 3 atom stereocenters. The molecule has 3 nitrogen and oxygen atoms in total. The second-order valence-corrected chi connectivity index (χ2v) is 13.1. The Morgan fingerprint density at radius 1 is 1.05 bits per heavy atom. The maximum absolute atomic E-state index is 11.0. The average molecular weight is 329 g/mol. The highest BCUT2D eigenvalue weighted by atomic mass is 28.4. The Balaban J connectivity index is 2.89. The van der Waals surface area contributed by atoms with E-state index in [0.717, 1.165) is 19.1 Å². The predicted molar refractivity (Wildman–Crippen MR) is 94.8 cm³/mol. The van der Waals surface area contributed by atoms with E-state index in [0.29, 0.717) is 16.6 Å².